The lowest BCUT2D eigenvalue weighted by molar-refractivity contribution is 0.0762. The lowest BCUT2D eigenvalue weighted by Gasteiger charge is -2.21. The number of aromatic nitrogens is 1. The van der Waals surface area contributed by atoms with Crippen molar-refractivity contribution in [3.05, 3.63) is 70.9 Å². The van der Waals surface area contributed by atoms with E-state index in [4.69, 9.17) is 4.74 Å². The molecule has 1 amide bonds. The highest BCUT2D eigenvalue weighted by atomic mass is 16.5. The number of ether oxygens (including phenoxy) is 1. The van der Waals surface area contributed by atoms with Gasteiger partial charge < -0.3 is 14.2 Å². The van der Waals surface area contributed by atoms with Gasteiger partial charge in [-0.25, -0.2) is 0 Å². The summed E-state index contributed by atoms with van der Waals surface area (Å²) in [7, 11) is 2.13. The van der Waals surface area contributed by atoms with Crippen LogP contribution in [0.4, 0.5) is 0 Å². The van der Waals surface area contributed by atoms with Gasteiger partial charge in [0.15, 0.2) is 0 Å². The van der Waals surface area contributed by atoms with Crippen LogP contribution in [0.2, 0.25) is 0 Å². The van der Waals surface area contributed by atoms with E-state index >= 15 is 0 Å². The summed E-state index contributed by atoms with van der Waals surface area (Å²) in [6.07, 6.45) is 6.00. The van der Waals surface area contributed by atoms with E-state index in [0.29, 0.717) is 6.61 Å². The number of amides is 1. The summed E-state index contributed by atoms with van der Waals surface area (Å²) < 4.78 is 8.12. The molecule has 5 rings (SSSR count). The van der Waals surface area contributed by atoms with Crippen LogP contribution in [0.1, 0.15) is 27.2 Å². The highest BCUT2D eigenvalue weighted by Crippen LogP contribution is 2.37. The quantitative estimate of drug-likeness (QED) is 0.663. The first-order valence-corrected chi connectivity index (χ1v) is 9.51. The number of hydrogen-bond donors (Lipinski definition) is 0. The van der Waals surface area contributed by atoms with Gasteiger partial charge in [-0.3, -0.25) is 4.79 Å². The van der Waals surface area contributed by atoms with Gasteiger partial charge in [-0.2, -0.15) is 0 Å². The Balaban J connectivity index is 1.54. The zero-order valence-electron chi connectivity index (χ0n) is 15.4. The number of carbonyl (C=O) groups excluding carboxylic acids is 1. The van der Waals surface area contributed by atoms with Gasteiger partial charge >= 0.3 is 0 Å². The summed E-state index contributed by atoms with van der Waals surface area (Å²) in [5, 5.41) is 1.29. The molecule has 0 aliphatic carbocycles. The first-order chi connectivity index (χ1) is 13.2. The summed E-state index contributed by atoms with van der Waals surface area (Å²) in [5.41, 5.74) is 5.89. The van der Waals surface area contributed by atoms with Gasteiger partial charge in [0.2, 0.25) is 0 Å². The maximum atomic E-state index is 12.9. The van der Waals surface area contributed by atoms with E-state index in [1.165, 1.54) is 27.7 Å². The number of nitrogens with zero attached hydrogens (tertiary/aromatic N) is 2. The zero-order valence-corrected chi connectivity index (χ0v) is 15.4. The first kappa shape index (κ1) is 16.2. The summed E-state index contributed by atoms with van der Waals surface area (Å²) in [6, 6.07) is 13.8. The molecular formula is C23H22N2O2. The second-order valence-corrected chi connectivity index (χ2v) is 7.23. The van der Waals surface area contributed by atoms with E-state index in [1.54, 1.807) is 0 Å². The minimum Gasteiger partial charge on any atom is -0.489 e. The average molecular weight is 358 g/mol. The highest BCUT2D eigenvalue weighted by Gasteiger charge is 2.26. The van der Waals surface area contributed by atoms with Crippen LogP contribution in [0.25, 0.3) is 17.0 Å². The minimum absolute atomic E-state index is 0.123. The van der Waals surface area contributed by atoms with Crippen LogP contribution in [0, 0.1) is 0 Å². The molecule has 27 heavy (non-hydrogen) atoms. The fourth-order valence-electron chi connectivity index (χ4n) is 4.43. The third-order valence-corrected chi connectivity index (χ3v) is 5.78. The van der Waals surface area contributed by atoms with Crippen LogP contribution in [0.15, 0.2) is 48.5 Å². The Bertz CT molecular complexity index is 1060. The summed E-state index contributed by atoms with van der Waals surface area (Å²) in [5.74, 6) is 1.08. The van der Waals surface area contributed by atoms with E-state index in [0.717, 1.165) is 37.2 Å². The van der Waals surface area contributed by atoms with Crippen molar-refractivity contribution in [2.24, 2.45) is 7.05 Å². The summed E-state index contributed by atoms with van der Waals surface area (Å²) in [4.78, 5) is 14.9. The van der Waals surface area contributed by atoms with Crippen molar-refractivity contribution < 1.29 is 9.53 Å². The van der Waals surface area contributed by atoms with Crippen LogP contribution < -0.4 is 4.74 Å². The number of fused-ring (bicyclic) bond motifs is 5. The second-order valence-electron chi connectivity index (χ2n) is 7.23. The lowest BCUT2D eigenvalue weighted by atomic mass is 10.00. The van der Waals surface area contributed by atoms with E-state index in [2.05, 4.69) is 35.9 Å². The molecule has 1 aromatic heterocycles. The topological polar surface area (TPSA) is 34.5 Å². The Kier molecular flexibility index (Phi) is 3.78. The average Bonchev–Trinajstić information content (AvgIpc) is 2.86. The standard InChI is InChI=1S/C23H22N2O2/c1-24-19-12-14-25(23(26)16-6-3-2-4-7-16)13-11-17(19)22-18-8-5-15-27-21(18)10-9-20(22)24/h2-10H,11-15H2,1H3. The SMILES string of the molecule is Cn1c2c(c3c4c(ccc31)OCC=C4)CCN(C(=O)c1ccccc1)CC2. The van der Waals surface area contributed by atoms with E-state index < -0.39 is 0 Å². The molecule has 0 saturated carbocycles. The minimum atomic E-state index is 0.123. The summed E-state index contributed by atoms with van der Waals surface area (Å²) >= 11 is 0. The Hall–Kier alpha value is -3.01. The highest BCUT2D eigenvalue weighted by molar-refractivity contribution is 5.97. The zero-order chi connectivity index (χ0) is 18.4. The van der Waals surface area contributed by atoms with Crippen molar-refractivity contribution in [3.63, 3.8) is 0 Å². The van der Waals surface area contributed by atoms with Gasteiger partial charge in [-0.05, 0) is 42.3 Å². The maximum Gasteiger partial charge on any atom is 0.253 e. The van der Waals surface area contributed by atoms with Crippen LogP contribution >= 0.6 is 0 Å². The molecule has 0 bridgehead atoms. The Morgan fingerprint density at radius 1 is 1.04 bits per heavy atom. The molecule has 2 aromatic carbocycles. The van der Waals surface area contributed by atoms with E-state index in [9.17, 15) is 4.79 Å². The van der Waals surface area contributed by atoms with Gasteiger partial charge in [-0.1, -0.05) is 24.3 Å². The Morgan fingerprint density at radius 2 is 1.85 bits per heavy atom. The molecule has 3 heterocycles. The van der Waals surface area contributed by atoms with Crippen LogP contribution in [0.5, 0.6) is 5.75 Å². The molecule has 4 nitrogen and oxygen atoms in total. The molecule has 0 unspecified atom stereocenters. The fraction of sp³-hybridized carbons (Fsp3) is 0.261. The van der Waals surface area contributed by atoms with Crippen LogP contribution in [0.3, 0.4) is 0 Å². The largest absolute Gasteiger partial charge is 0.489 e. The van der Waals surface area contributed by atoms with Crippen LogP contribution in [-0.4, -0.2) is 35.1 Å². The number of rotatable bonds is 1. The number of benzene rings is 2. The molecule has 2 aliphatic heterocycles. The fourth-order valence-corrected chi connectivity index (χ4v) is 4.43. The molecule has 4 heteroatoms. The third kappa shape index (κ3) is 2.55. The Morgan fingerprint density at radius 3 is 2.70 bits per heavy atom. The van der Waals surface area contributed by atoms with Gasteiger partial charge in [0, 0.05) is 54.3 Å². The molecule has 0 atom stereocenters. The van der Waals surface area contributed by atoms with Crippen molar-refractivity contribution in [3.8, 4) is 5.75 Å². The number of hydrogen-bond acceptors (Lipinski definition) is 2. The van der Waals surface area contributed by atoms with E-state index in [-0.39, 0.29) is 5.91 Å². The van der Waals surface area contributed by atoms with Crippen molar-refractivity contribution in [1.29, 1.82) is 0 Å². The lowest BCUT2D eigenvalue weighted by Crippen LogP contribution is -2.33. The smallest absolute Gasteiger partial charge is 0.253 e. The molecule has 2 aliphatic rings. The van der Waals surface area contributed by atoms with Crippen molar-refractivity contribution in [2.75, 3.05) is 19.7 Å². The van der Waals surface area contributed by atoms with Crippen molar-refractivity contribution >= 4 is 22.9 Å². The van der Waals surface area contributed by atoms with Crippen molar-refractivity contribution in [1.82, 2.24) is 9.47 Å². The molecule has 136 valence electrons. The van der Waals surface area contributed by atoms with Crippen molar-refractivity contribution in [2.45, 2.75) is 12.8 Å². The Labute approximate surface area is 158 Å². The van der Waals surface area contributed by atoms with E-state index in [1.807, 2.05) is 35.2 Å². The maximum absolute atomic E-state index is 12.9. The molecule has 3 aromatic rings. The molecule has 0 spiro atoms. The first-order valence-electron chi connectivity index (χ1n) is 9.51. The molecule has 0 radical (unpaired) electrons. The van der Waals surface area contributed by atoms with Gasteiger partial charge in [0.1, 0.15) is 12.4 Å². The molecule has 0 N–H and O–H groups in total. The predicted octanol–water partition coefficient (Wildman–Crippen LogP) is 3.82. The number of carbonyl (C=O) groups is 1. The molecular weight excluding hydrogens is 336 g/mol. The normalized spacial score (nSPS) is 15.8. The molecule has 0 fully saturated rings. The number of aryl methyl sites for hydroxylation is 1. The third-order valence-electron chi connectivity index (χ3n) is 5.78. The second kappa shape index (κ2) is 6.31. The monoisotopic (exact) mass is 358 g/mol. The predicted molar refractivity (Wildman–Crippen MR) is 107 cm³/mol. The van der Waals surface area contributed by atoms with Gasteiger partial charge in [-0.15, -0.1) is 0 Å². The summed E-state index contributed by atoms with van der Waals surface area (Å²) in [6.45, 7) is 2.13. The molecule has 0 saturated heterocycles. The van der Waals surface area contributed by atoms with Gasteiger partial charge in [0.25, 0.3) is 5.91 Å². The van der Waals surface area contributed by atoms with Gasteiger partial charge in [0.05, 0.1) is 0 Å². The van der Waals surface area contributed by atoms with Crippen LogP contribution in [-0.2, 0) is 19.9 Å².